The molecule has 0 radical (unpaired) electrons. The Balaban J connectivity index is 1.70. The minimum atomic E-state index is -2.85. The molecular weight excluding hydrogens is 316 g/mol. The molecule has 0 unspecified atom stereocenters. The van der Waals surface area contributed by atoms with Crippen LogP contribution in [-0.2, 0) is 29.1 Å². The van der Waals surface area contributed by atoms with Crippen molar-refractivity contribution >= 4 is 9.84 Å². The SMILES string of the molecule is Cc1ccc(CCCCCCCS(=O)(=O)C(C)C)c2c1CCCC2. The van der Waals surface area contributed by atoms with Gasteiger partial charge in [0.15, 0.2) is 9.84 Å². The number of aryl methyl sites for hydroxylation is 2. The molecule has 0 N–H and O–H groups in total. The van der Waals surface area contributed by atoms with Crippen molar-refractivity contribution in [3.05, 3.63) is 34.4 Å². The molecule has 0 aliphatic heterocycles. The predicted molar refractivity (Wildman–Crippen MR) is 104 cm³/mol. The van der Waals surface area contributed by atoms with Crippen LogP contribution in [0.1, 0.15) is 81.0 Å². The van der Waals surface area contributed by atoms with E-state index in [1.807, 2.05) is 0 Å². The van der Waals surface area contributed by atoms with Gasteiger partial charge in [-0.05, 0) is 88.0 Å². The number of benzene rings is 1. The lowest BCUT2D eigenvalue weighted by Crippen LogP contribution is -2.17. The summed E-state index contributed by atoms with van der Waals surface area (Å²) in [6, 6.07) is 4.64. The van der Waals surface area contributed by atoms with Crippen molar-refractivity contribution in [2.75, 3.05) is 5.75 Å². The standard InChI is InChI=1S/C21H34O2S/c1-17(2)24(22,23)16-10-6-4-5-7-11-19-15-14-18(3)20-12-8-9-13-21(19)20/h14-15,17H,4-13,16H2,1-3H3. The Bertz CT molecular complexity index is 629. The molecule has 1 aromatic rings. The van der Waals surface area contributed by atoms with E-state index < -0.39 is 9.84 Å². The van der Waals surface area contributed by atoms with Crippen molar-refractivity contribution < 1.29 is 8.42 Å². The summed E-state index contributed by atoms with van der Waals surface area (Å²) in [5, 5.41) is -0.231. The van der Waals surface area contributed by atoms with Crippen LogP contribution >= 0.6 is 0 Å². The summed E-state index contributed by atoms with van der Waals surface area (Å²) >= 11 is 0. The van der Waals surface area contributed by atoms with Gasteiger partial charge in [0.1, 0.15) is 0 Å². The highest BCUT2D eigenvalue weighted by atomic mass is 32.2. The van der Waals surface area contributed by atoms with E-state index in [1.54, 1.807) is 30.5 Å². The zero-order valence-electron chi connectivity index (χ0n) is 15.7. The fraction of sp³-hybridized carbons (Fsp3) is 0.714. The molecule has 0 amide bonds. The molecule has 1 aliphatic rings. The quantitative estimate of drug-likeness (QED) is 0.574. The molecule has 136 valence electrons. The van der Waals surface area contributed by atoms with Gasteiger partial charge in [-0.25, -0.2) is 8.42 Å². The van der Waals surface area contributed by atoms with E-state index in [4.69, 9.17) is 0 Å². The molecule has 1 aromatic carbocycles. The summed E-state index contributed by atoms with van der Waals surface area (Å²) in [4.78, 5) is 0. The monoisotopic (exact) mass is 350 g/mol. The highest BCUT2D eigenvalue weighted by molar-refractivity contribution is 7.91. The maximum Gasteiger partial charge on any atom is 0.152 e. The summed E-state index contributed by atoms with van der Waals surface area (Å²) < 4.78 is 23.5. The fourth-order valence-corrected chi connectivity index (χ4v) is 4.82. The summed E-state index contributed by atoms with van der Waals surface area (Å²) in [5.41, 5.74) is 6.31. The maximum atomic E-state index is 11.8. The Kier molecular flexibility index (Phi) is 7.34. The number of sulfone groups is 1. The van der Waals surface area contributed by atoms with Crippen molar-refractivity contribution in [2.45, 2.75) is 90.2 Å². The number of unbranched alkanes of at least 4 members (excludes halogenated alkanes) is 4. The van der Waals surface area contributed by atoms with Crippen molar-refractivity contribution in [1.82, 2.24) is 0 Å². The van der Waals surface area contributed by atoms with Crippen LogP contribution in [0, 0.1) is 6.92 Å². The van der Waals surface area contributed by atoms with E-state index in [0.717, 1.165) is 19.3 Å². The first-order valence-electron chi connectivity index (χ1n) is 9.73. The molecular formula is C21H34O2S. The van der Waals surface area contributed by atoms with Gasteiger partial charge in [0.05, 0.1) is 11.0 Å². The molecule has 2 rings (SSSR count). The van der Waals surface area contributed by atoms with Crippen LogP contribution < -0.4 is 0 Å². The Morgan fingerprint density at radius 2 is 1.54 bits per heavy atom. The van der Waals surface area contributed by atoms with E-state index in [2.05, 4.69) is 19.1 Å². The molecule has 0 heterocycles. The van der Waals surface area contributed by atoms with E-state index in [1.165, 1.54) is 50.5 Å². The molecule has 1 aliphatic carbocycles. The van der Waals surface area contributed by atoms with Gasteiger partial charge >= 0.3 is 0 Å². The molecule has 2 nitrogen and oxygen atoms in total. The second-order valence-corrected chi connectivity index (χ2v) is 10.3. The van der Waals surface area contributed by atoms with Crippen LogP contribution in [0.2, 0.25) is 0 Å². The summed E-state index contributed by atoms with van der Waals surface area (Å²) in [6.45, 7) is 5.80. The molecule has 0 bridgehead atoms. The summed E-state index contributed by atoms with van der Waals surface area (Å²) in [7, 11) is -2.85. The summed E-state index contributed by atoms with van der Waals surface area (Å²) in [5.74, 6) is 0.357. The van der Waals surface area contributed by atoms with Gasteiger partial charge < -0.3 is 0 Å². The van der Waals surface area contributed by atoms with Crippen LogP contribution in [-0.4, -0.2) is 19.4 Å². The molecule has 0 atom stereocenters. The van der Waals surface area contributed by atoms with Gasteiger partial charge in [0.2, 0.25) is 0 Å². The first-order valence-corrected chi connectivity index (χ1v) is 11.4. The Morgan fingerprint density at radius 3 is 2.25 bits per heavy atom. The molecule has 0 aromatic heterocycles. The van der Waals surface area contributed by atoms with Crippen LogP contribution in [0.3, 0.4) is 0 Å². The van der Waals surface area contributed by atoms with Crippen LogP contribution in [0.15, 0.2) is 12.1 Å². The van der Waals surface area contributed by atoms with E-state index in [9.17, 15) is 8.42 Å². The lowest BCUT2D eigenvalue weighted by molar-refractivity contribution is 0.576. The highest BCUT2D eigenvalue weighted by Gasteiger charge is 2.16. The third-order valence-electron chi connectivity index (χ3n) is 5.46. The average molecular weight is 351 g/mol. The molecule has 0 spiro atoms. The second kappa shape index (κ2) is 9.03. The van der Waals surface area contributed by atoms with E-state index in [-0.39, 0.29) is 5.25 Å². The van der Waals surface area contributed by atoms with Crippen molar-refractivity contribution in [2.24, 2.45) is 0 Å². The average Bonchev–Trinajstić information content (AvgIpc) is 2.56. The molecule has 0 saturated carbocycles. The van der Waals surface area contributed by atoms with Gasteiger partial charge in [-0.15, -0.1) is 0 Å². The maximum absolute atomic E-state index is 11.8. The number of fused-ring (bicyclic) bond motifs is 1. The van der Waals surface area contributed by atoms with Gasteiger partial charge in [0.25, 0.3) is 0 Å². The smallest absolute Gasteiger partial charge is 0.152 e. The van der Waals surface area contributed by atoms with Crippen LogP contribution in [0.5, 0.6) is 0 Å². The van der Waals surface area contributed by atoms with Gasteiger partial charge in [-0.2, -0.15) is 0 Å². The van der Waals surface area contributed by atoms with Gasteiger partial charge in [-0.1, -0.05) is 31.4 Å². The zero-order valence-corrected chi connectivity index (χ0v) is 16.6. The molecule has 0 saturated heterocycles. The molecule has 0 fully saturated rings. The third kappa shape index (κ3) is 5.34. The first kappa shape index (κ1) is 19.5. The third-order valence-corrected chi connectivity index (χ3v) is 7.75. The molecule has 3 heteroatoms. The lowest BCUT2D eigenvalue weighted by Gasteiger charge is -2.21. The highest BCUT2D eigenvalue weighted by Crippen LogP contribution is 2.28. The zero-order chi connectivity index (χ0) is 17.6. The summed E-state index contributed by atoms with van der Waals surface area (Å²) in [6.07, 6.45) is 11.9. The van der Waals surface area contributed by atoms with Crippen LogP contribution in [0.25, 0.3) is 0 Å². The van der Waals surface area contributed by atoms with Crippen molar-refractivity contribution in [3.63, 3.8) is 0 Å². The Labute approximate surface area is 149 Å². The van der Waals surface area contributed by atoms with Crippen molar-refractivity contribution in [1.29, 1.82) is 0 Å². The largest absolute Gasteiger partial charge is 0.229 e. The topological polar surface area (TPSA) is 34.1 Å². The fourth-order valence-electron chi connectivity index (χ4n) is 3.74. The second-order valence-electron chi connectivity index (χ2n) is 7.64. The minimum Gasteiger partial charge on any atom is -0.229 e. The number of hydrogen-bond donors (Lipinski definition) is 0. The molecule has 24 heavy (non-hydrogen) atoms. The lowest BCUT2D eigenvalue weighted by atomic mass is 9.84. The van der Waals surface area contributed by atoms with Gasteiger partial charge in [-0.3, -0.25) is 0 Å². The number of rotatable bonds is 9. The Morgan fingerprint density at radius 1 is 0.917 bits per heavy atom. The van der Waals surface area contributed by atoms with E-state index in [0.29, 0.717) is 5.75 Å². The van der Waals surface area contributed by atoms with Crippen molar-refractivity contribution in [3.8, 4) is 0 Å². The van der Waals surface area contributed by atoms with Crippen LogP contribution in [0.4, 0.5) is 0 Å². The predicted octanol–water partition coefficient (Wildman–Crippen LogP) is 5.19. The normalized spacial score (nSPS) is 14.8. The first-order chi connectivity index (χ1) is 11.4. The Hall–Kier alpha value is -0.830. The minimum absolute atomic E-state index is 0.231. The number of hydrogen-bond acceptors (Lipinski definition) is 2. The van der Waals surface area contributed by atoms with Gasteiger partial charge in [0, 0.05) is 0 Å². The van der Waals surface area contributed by atoms with E-state index >= 15 is 0 Å².